The molecule has 3 atom stereocenters. The SMILES string of the molecule is O=C1c2c(O)cccc2[C@@]2(C[C@@H]1O)Oc1cccc3c1C(CC=C3)O2. The zero-order valence-electron chi connectivity index (χ0n) is 13.3. The molecule has 1 heterocycles. The normalized spacial score (nSPS) is 29.1. The number of ketones is 1. The van der Waals surface area contributed by atoms with Crippen LogP contribution in [0.1, 0.15) is 46.0 Å². The van der Waals surface area contributed by atoms with Gasteiger partial charge in [0.15, 0.2) is 5.78 Å². The number of hydrogen-bond donors (Lipinski definition) is 2. The van der Waals surface area contributed by atoms with E-state index in [1.165, 1.54) is 6.07 Å². The molecule has 5 rings (SSSR count). The van der Waals surface area contributed by atoms with Crippen LogP contribution in [0.3, 0.4) is 0 Å². The van der Waals surface area contributed by atoms with Crippen LogP contribution >= 0.6 is 0 Å². The molecule has 3 aliphatic rings. The number of aliphatic hydroxyl groups is 1. The Morgan fingerprint density at radius 3 is 2.88 bits per heavy atom. The van der Waals surface area contributed by atoms with E-state index in [9.17, 15) is 15.0 Å². The number of aliphatic hydroxyl groups excluding tert-OH is 1. The Morgan fingerprint density at radius 1 is 1.16 bits per heavy atom. The first-order valence-electron chi connectivity index (χ1n) is 8.30. The van der Waals surface area contributed by atoms with Gasteiger partial charge in [-0.1, -0.05) is 36.4 Å². The van der Waals surface area contributed by atoms with E-state index in [1.54, 1.807) is 12.1 Å². The summed E-state index contributed by atoms with van der Waals surface area (Å²) in [6.07, 6.45) is 3.26. The zero-order chi connectivity index (χ0) is 17.2. The van der Waals surface area contributed by atoms with Gasteiger partial charge in [0.05, 0.1) is 18.1 Å². The van der Waals surface area contributed by atoms with Crippen LogP contribution in [0.15, 0.2) is 42.5 Å². The van der Waals surface area contributed by atoms with Crippen molar-refractivity contribution in [1.29, 1.82) is 0 Å². The summed E-state index contributed by atoms with van der Waals surface area (Å²) in [6.45, 7) is 0. The summed E-state index contributed by atoms with van der Waals surface area (Å²) in [4.78, 5) is 12.4. The van der Waals surface area contributed by atoms with Crippen LogP contribution in [-0.4, -0.2) is 22.1 Å². The van der Waals surface area contributed by atoms with Crippen molar-refractivity contribution in [1.82, 2.24) is 0 Å². The van der Waals surface area contributed by atoms with E-state index in [-0.39, 0.29) is 23.8 Å². The summed E-state index contributed by atoms with van der Waals surface area (Å²) in [5.74, 6) is -1.28. The minimum atomic E-state index is -1.29. The number of Topliss-reactive ketones (excluding diaryl/α,β-unsaturated/α-hetero) is 1. The maximum absolute atomic E-state index is 12.4. The number of carbonyl (C=O) groups is 1. The van der Waals surface area contributed by atoms with Gasteiger partial charge in [0.1, 0.15) is 17.6 Å². The molecule has 0 fully saturated rings. The van der Waals surface area contributed by atoms with Crippen LogP contribution < -0.4 is 4.74 Å². The third-order valence-electron chi connectivity index (χ3n) is 5.14. The number of fused-ring (bicyclic) bond motifs is 2. The topological polar surface area (TPSA) is 76.0 Å². The molecule has 2 aliphatic carbocycles. The molecule has 0 saturated heterocycles. The van der Waals surface area contributed by atoms with Crippen molar-refractivity contribution in [2.45, 2.75) is 30.8 Å². The number of phenols is 1. The molecular weight excluding hydrogens is 320 g/mol. The molecule has 5 heteroatoms. The number of hydrogen-bond acceptors (Lipinski definition) is 5. The molecule has 0 amide bonds. The monoisotopic (exact) mass is 336 g/mol. The van der Waals surface area contributed by atoms with E-state index in [0.29, 0.717) is 17.7 Å². The third kappa shape index (κ3) is 1.94. The molecule has 0 bridgehead atoms. The average molecular weight is 336 g/mol. The molecule has 2 aromatic carbocycles. The highest BCUT2D eigenvalue weighted by molar-refractivity contribution is 6.04. The van der Waals surface area contributed by atoms with Crippen molar-refractivity contribution in [3.63, 3.8) is 0 Å². The quantitative estimate of drug-likeness (QED) is 0.773. The van der Waals surface area contributed by atoms with Crippen molar-refractivity contribution in [3.8, 4) is 11.5 Å². The van der Waals surface area contributed by atoms with E-state index in [2.05, 4.69) is 0 Å². The number of rotatable bonds is 0. The molecular formula is C20H16O5. The summed E-state index contributed by atoms with van der Waals surface area (Å²) in [5.41, 5.74) is 2.58. The van der Waals surface area contributed by atoms with Crippen molar-refractivity contribution >= 4 is 11.9 Å². The van der Waals surface area contributed by atoms with Gasteiger partial charge in [0.25, 0.3) is 0 Å². The van der Waals surface area contributed by atoms with Gasteiger partial charge in [0, 0.05) is 11.1 Å². The van der Waals surface area contributed by atoms with Gasteiger partial charge in [0.2, 0.25) is 5.79 Å². The lowest BCUT2D eigenvalue weighted by Crippen LogP contribution is -2.49. The van der Waals surface area contributed by atoms with Gasteiger partial charge in [-0.2, -0.15) is 0 Å². The van der Waals surface area contributed by atoms with Gasteiger partial charge in [-0.05, 0) is 24.1 Å². The zero-order valence-corrected chi connectivity index (χ0v) is 13.3. The van der Waals surface area contributed by atoms with E-state index in [4.69, 9.17) is 9.47 Å². The molecule has 1 aliphatic heterocycles. The fourth-order valence-electron chi connectivity index (χ4n) is 4.06. The van der Waals surface area contributed by atoms with Crippen LogP contribution in [0.25, 0.3) is 6.08 Å². The predicted molar refractivity (Wildman–Crippen MR) is 89.3 cm³/mol. The summed E-state index contributed by atoms with van der Waals surface area (Å²) < 4.78 is 12.6. The highest BCUT2D eigenvalue weighted by Gasteiger charge is 2.52. The lowest BCUT2D eigenvalue weighted by molar-refractivity contribution is -0.252. The second-order valence-corrected chi connectivity index (χ2v) is 6.64. The van der Waals surface area contributed by atoms with Crippen molar-refractivity contribution in [3.05, 3.63) is 64.7 Å². The molecule has 2 N–H and O–H groups in total. The first-order valence-corrected chi connectivity index (χ1v) is 8.30. The first-order chi connectivity index (χ1) is 12.1. The lowest BCUT2D eigenvalue weighted by atomic mass is 9.81. The Kier molecular flexibility index (Phi) is 2.90. The second-order valence-electron chi connectivity index (χ2n) is 6.64. The Morgan fingerprint density at radius 2 is 2.00 bits per heavy atom. The maximum Gasteiger partial charge on any atom is 0.241 e. The lowest BCUT2D eigenvalue weighted by Gasteiger charge is -2.46. The fourth-order valence-corrected chi connectivity index (χ4v) is 4.06. The average Bonchev–Trinajstić information content (AvgIpc) is 2.60. The van der Waals surface area contributed by atoms with E-state index < -0.39 is 17.7 Å². The van der Waals surface area contributed by atoms with Crippen molar-refractivity contribution in [2.24, 2.45) is 0 Å². The van der Waals surface area contributed by atoms with E-state index in [1.807, 2.05) is 30.4 Å². The number of aromatic hydroxyl groups is 1. The standard InChI is InChI=1S/C20H16O5/c21-13-7-3-6-12-18(13)19(23)14(22)10-20(12)24-15-8-1-4-11-5-2-9-16(25-20)17(11)15/h1-8,14,16,21-22H,9-10H2/t14-,16?,20-/m0/s1. The Bertz CT molecular complexity index is 932. The van der Waals surface area contributed by atoms with Gasteiger partial charge >= 0.3 is 0 Å². The van der Waals surface area contributed by atoms with Gasteiger partial charge in [-0.15, -0.1) is 0 Å². The van der Waals surface area contributed by atoms with Gasteiger partial charge in [-0.3, -0.25) is 4.79 Å². The third-order valence-corrected chi connectivity index (χ3v) is 5.14. The summed E-state index contributed by atoms with van der Waals surface area (Å²) in [5, 5.41) is 20.5. The van der Waals surface area contributed by atoms with E-state index >= 15 is 0 Å². The molecule has 126 valence electrons. The number of benzene rings is 2. The fraction of sp³-hybridized carbons (Fsp3) is 0.250. The second kappa shape index (κ2) is 4.94. The van der Waals surface area contributed by atoms with Crippen LogP contribution in [0.4, 0.5) is 0 Å². The molecule has 0 saturated carbocycles. The number of phenolic OH excluding ortho intramolecular Hbond substituents is 1. The Hall–Kier alpha value is -2.63. The minimum Gasteiger partial charge on any atom is -0.507 e. The molecule has 1 unspecified atom stereocenters. The van der Waals surface area contributed by atoms with Gasteiger partial charge in [-0.25, -0.2) is 0 Å². The van der Waals surface area contributed by atoms with Crippen LogP contribution in [0.5, 0.6) is 11.5 Å². The molecule has 2 aromatic rings. The van der Waals surface area contributed by atoms with Crippen LogP contribution in [0.2, 0.25) is 0 Å². The first kappa shape index (κ1) is 14.7. The predicted octanol–water partition coefficient (Wildman–Crippen LogP) is 3.06. The highest BCUT2D eigenvalue weighted by atomic mass is 16.7. The Balaban J connectivity index is 1.73. The van der Waals surface area contributed by atoms with Crippen molar-refractivity contribution < 1.29 is 24.5 Å². The Labute approximate surface area is 144 Å². The minimum absolute atomic E-state index is 0.00777. The number of ether oxygens (including phenoxy) is 2. The molecule has 25 heavy (non-hydrogen) atoms. The van der Waals surface area contributed by atoms with Crippen LogP contribution in [-0.2, 0) is 10.5 Å². The van der Waals surface area contributed by atoms with Crippen molar-refractivity contribution in [2.75, 3.05) is 0 Å². The number of carbonyl (C=O) groups excluding carboxylic acids is 1. The largest absolute Gasteiger partial charge is 0.507 e. The highest BCUT2D eigenvalue weighted by Crippen LogP contribution is 2.52. The molecule has 0 radical (unpaired) electrons. The van der Waals surface area contributed by atoms with Crippen LogP contribution in [0, 0.1) is 0 Å². The smallest absolute Gasteiger partial charge is 0.241 e. The molecule has 1 spiro atoms. The summed E-state index contributed by atoms with van der Waals surface area (Å²) >= 11 is 0. The molecule has 5 nitrogen and oxygen atoms in total. The maximum atomic E-state index is 12.4. The van der Waals surface area contributed by atoms with Gasteiger partial charge < -0.3 is 19.7 Å². The summed E-state index contributed by atoms with van der Waals surface area (Å²) in [7, 11) is 0. The summed E-state index contributed by atoms with van der Waals surface area (Å²) in [6, 6.07) is 10.6. The molecule has 0 aromatic heterocycles. The van der Waals surface area contributed by atoms with E-state index in [0.717, 1.165) is 11.1 Å².